The number of piperidine rings is 1. The molecule has 12 nitrogen and oxygen atoms in total. The monoisotopic (exact) mass is 696 g/mol. The Morgan fingerprint density at radius 1 is 1.16 bits per heavy atom. The lowest BCUT2D eigenvalue weighted by molar-refractivity contribution is -0.0312. The number of rotatable bonds is 10. The van der Waals surface area contributed by atoms with E-state index < -0.39 is 43.3 Å². The molecule has 0 radical (unpaired) electrons. The van der Waals surface area contributed by atoms with Gasteiger partial charge in [0.25, 0.3) is 0 Å². The summed E-state index contributed by atoms with van der Waals surface area (Å²) in [6, 6.07) is 9.50. The van der Waals surface area contributed by atoms with Crippen LogP contribution in [0.3, 0.4) is 0 Å². The van der Waals surface area contributed by atoms with Crippen molar-refractivity contribution in [2.75, 3.05) is 39.9 Å². The number of nitrogens with zero attached hydrogens (tertiary/aromatic N) is 2. The van der Waals surface area contributed by atoms with Crippen LogP contribution in [0.1, 0.15) is 19.3 Å². The Balaban J connectivity index is 0.00000264. The number of benzene rings is 2. The zero-order chi connectivity index (χ0) is 30.1. The fourth-order valence-corrected chi connectivity index (χ4v) is 7.57. The van der Waals surface area contributed by atoms with Crippen molar-refractivity contribution in [2.24, 2.45) is 0 Å². The molecule has 2 aliphatic rings. The number of fused-ring (bicyclic) bond motifs is 1. The second-order valence-corrected chi connectivity index (χ2v) is 14.3. The summed E-state index contributed by atoms with van der Waals surface area (Å²) in [7, 11) is -6.34. The smallest absolute Gasteiger partial charge is 0.248 e. The molecule has 3 heterocycles. The van der Waals surface area contributed by atoms with E-state index in [1.54, 1.807) is 12.1 Å². The number of hydrogen-bond acceptors (Lipinski definition) is 10. The van der Waals surface area contributed by atoms with Crippen LogP contribution in [0, 0.1) is 5.82 Å². The van der Waals surface area contributed by atoms with Gasteiger partial charge in [0.2, 0.25) is 20.0 Å². The number of hydrogen-bond donors (Lipinski definition) is 4. The summed E-state index contributed by atoms with van der Waals surface area (Å²) < 4.78 is 79.4. The Morgan fingerprint density at radius 2 is 1.89 bits per heavy atom. The van der Waals surface area contributed by atoms with E-state index in [1.165, 1.54) is 29.6 Å². The van der Waals surface area contributed by atoms with Gasteiger partial charge in [0.1, 0.15) is 34.9 Å². The molecule has 0 bridgehead atoms. The van der Waals surface area contributed by atoms with Gasteiger partial charge in [0.15, 0.2) is 0 Å². The molecular formula is C27H35Cl2FN4O8S2. The Kier molecular flexibility index (Phi) is 11.8. The minimum Gasteiger partial charge on any atom is -0.506 e. The van der Waals surface area contributed by atoms with Crippen LogP contribution in [0.2, 0.25) is 0 Å². The molecule has 1 aromatic heterocycles. The van der Waals surface area contributed by atoms with Gasteiger partial charge < -0.3 is 25.0 Å². The average Bonchev–Trinajstić information content (AvgIpc) is 3.37. The van der Waals surface area contributed by atoms with E-state index in [-0.39, 0.29) is 77.8 Å². The molecule has 2 aromatic carbocycles. The van der Waals surface area contributed by atoms with Crippen LogP contribution < -0.4 is 14.8 Å². The van der Waals surface area contributed by atoms with E-state index in [9.17, 15) is 31.4 Å². The maximum absolute atomic E-state index is 13.5. The lowest BCUT2D eigenvalue weighted by Gasteiger charge is -2.38. The topological polar surface area (TPSA) is 167 Å². The summed E-state index contributed by atoms with van der Waals surface area (Å²) in [5.41, 5.74) is -0.348. The highest BCUT2D eigenvalue weighted by atomic mass is 35.5. The van der Waals surface area contributed by atoms with Crippen LogP contribution in [-0.2, 0) is 24.8 Å². The van der Waals surface area contributed by atoms with Gasteiger partial charge in [0, 0.05) is 43.2 Å². The number of aromatic hydroxyl groups is 1. The number of aliphatic hydroxyl groups is 1. The van der Waals surface area contributed by atoms with E-state index in [0.29, 0.717) is 31.6 Å². The molecule has 2 saturated heterocycles. The van der Waals surface area contributed by atoms with Crippen LogP contribution in [0.5, 0.6) is 11.5 Å². The highest BCUT2D eigenvalue weighted by molar-refractivity contribution is 7.89. The predicted octanol–water partition coefficient (Wildman–Crippen LogP) is 2.17. The van der Waals surface area contributed by atoms with Gasteiger partial charge in [0.05, 0.1) is 28.8 Å². The summed E-state index contributed by atoms with van der Waals surface area (Å²) in [4.78, 5) is 3.77. The molecule has 3 aromatic rings. The summed E-state index contributed by atoms with van der Waals surface area (Å²) in [5.74, 6) is -0.680. The molecule has 17 heteroatoms. The Labute approximate surface area is 267 Å². The van der Waals surface area contributed by atoms with Gasteiger partial charge in [-0.25, -0.2) is 25.9 Å². The van der Waals surface area contributed by atoms with Crippen molar-refractivity contribution in [3.63, 3.8) is 0 Å². The van der Waals surface area contributed by atoms with Crippen molar-refractivity contribution >= 4 is 55.8 Å². The number of aromatic nitrogens is 1. The number of nitrogens with one attached hydrogen (secondary N) is 2. The van der Waals surface area contributed by atoms with E-state index >= 15 is 0 Å². The van der Waals surface area contributed by atoms with E-state index in [0.717, 1.165) is 18.3 Å². The third-order valence-electron chi connectivity index (χ3n) is 7.70. The molecule has 2 aliphatic heterocycles. The van der Waals surface area contributed by atoms with E-state index in [2.05, 4.69) is 15.0 Å². The molecule has 0 amide bonds. The summed E-state index contributed by atoms with van der Waals surface area (Å²) in [5, 5.41) is 24.5. The maximum atomic E-state index is 13.5. The highest BCUT2D eigenvalue weighted by Crippen LogP contribution is 2.39. The first kappa shape index (κ1) is 36.1. The minimum absolute atomic E-state index is 0. The van der Waals surface area contributed by atoms with Crippen molar-refractivity contribution in [1.82, 2.24) is 19.3 Å². The molecule has 0 unspecified atom stereocenters. The zero-order valence-electron chi connectivity index (χ0n) is 23.7. The van der Waals surface area contributed by atoms with Crippen molar-refractivity contribution in [2.45, 2.75) is 46.8 Å². The van der Waals surface area contributed by atoms with Crippen molar-refractivity contribution in [3.8, 4) is 11.5 Å². The second-order valence-electron chi connectivity index (χ2n) is 10.5. The number of ether oxygens (including phenoxy) is 2. The summed E-state index contributed by atoms with van der Waals surface area (Å²) in [6.07, 6.45) is 1.73. The van der Waals surface area contributed by atoms with Gasteiger partial charge in [-0.2, -0.15) is 4.31 Å². The Morgan fingerprint density at radius 3 is 2.59 bits per heavy atom. The van der Waals surface area contributed by atoms with Gasteiger partial charge in [-0.05, 0) is 50.6 Å². The van der Waals surface area contributed by atoms with Crippen molar-refractivity contribution in [3.05, 3.63) is 54.5 Å². The lowest BCUT2D eigenvalue weighted by atomic mass is 9.88. The molecule has 44 heavy (non-hydrogen) atoms. The first-order valence-electron chi connectivity index (χ1n) is 13.4. The number of aliphatic hydroxyl groups excluding tert-OH is 1. The fourth-order valence-electron chi connectivity index (χ4n) is 5.32. The second kappa shape index (κ2) is 14.4. The van der Waals surface area contributed by atoms with E-state index in [4.69, 9.17) is 9.47 Å². The molecule has 0 aliphatic carbocycles. The third-order valence-corrected chi connectivity index (χ3v) is 11.0. The van der Waals surface area contributed by atoms with Gasteiger partial charge in [-0.3, -0.25) is 4.98 Å². The SMILES string of the molecule is CNS(=O)(=O)c1cccc(OC[C@@H](O)CN[C@H]2COC3(CCN(S(=O)(=O)c4cnc5cc(F)ccc5c4O)CC3)C2)c1.Cl.Cl. The third kappa shape index (κ3) is 7.71. The normalized spacial score (nSPS) is 19.3. The van der Waals surface area contributed by atoms with Crippen LogP contribution in [-0.4, -0.2) is 94.0 Å². The zero-order valence-corrected chi connectivity index (χ0v) is 26.9. The maximum Gasteiger partial charge on any atom is 0.248 e. The van der Waals surface area contributed by atoms with Crippen molar-refractivity contribution < 1.29 is 40.9 Å². The molecule has 1 spiro atoms. The van der Waals surface area contributed by atoms with Crippen LogP contribution >= 0.6 is 24.8 Å². The number of pyridine rings is 1. The van der Waals surface area contributed by atoms with Gasteiger partial charge >= 0.3 is 0 Å². The largest absolute Gasteiger partial charge is 0.506 e. The predicted molar refractivity (Wildman–Crippen MR) is 165 cm³/mol. The molecule has 2 fully saturated rings. The first-order valence-corrected chi connectivity index (χ1v) is 16.3. The molecule has 244 valence electrons. The molecule has 5 rings (SSSR count). The highest BCUT2D eigenvalue weighted by Gasteiger charge is 2.45. The van der Waals surface area contributed by atoms with E-state index in [1.807, 2.05) is 0 Å². The van der Waals surface area contributed by atoms with Crippen molar-refractivity contribution in [1.29, 1.82) is 0 Å². The van der Waals surface area contributed by atoms with Crippen LogP contribution in [0.15, 0.2) is 58.5 Å². The fraction of sp³-hybridized carbons (Fsp3) is 0.444. The summed E-state index contributed by atoms with van der Waals surface area (Å²) in [6.45, 7) is 0.948. The first-order chi connectivity index (χ1) is 19.9. The lowest BCUT2D eigenvalue weighted by Crippen LogP contribution is -2.47. The molecule has 2 atom stereocenters. The number of halogens is 3. The average molecular weight is 698 g/mol. The Hall–Kier alpha value is -2.34. The Bertz CT molecular complexity index is 1680. The van der Waals surface area contributed by atoms with Crippen LogP contribution in [0.25, 0.3) is 10.9 Å². The minimum atomic E-state index is -4.05. The quantitative estimate of drug-likeness (QED) is 0.247. The molecule has 0 saturated carbocycles. The van der Waals surface area contributed by atoms with Crippen LogP contribution in [0.4, 0.5) is 4.39 Å². The molecule has 4 N–H and O–H groups in total. The van der Waals surface area contributed by atoms with Gasteiger partial charge in [-0.1, -0.05) is 6.07 Å². The summed E-state index contributed by atoms with van der Waals surface area (Å²) >= 11 is 0. The number of sulfonamides is 2. The molecular weight excluding hydrogens is 662 g/mol. The standard InChI is InChI=1S/C27H33FN4O8S2.2ClH/c1-29-41(35,36)22-4-2-3-21(12-22)39-17-20(33)14-30-19-13-27(40-16-19)7-9-32(10-8-27)42(37,38)25-15-31-24-11-18(28)5-6-23(24)26(25)34;;/h2-6,11-12,15,19-20,29-30,33H,7-10,13-14,16-17H2,1H3,(H,31,34);2*1H/t19-,20+;;/m1../s1. The van der Waals surface area contributed by atoms with Gasteiger partial charge in [-0.15, -0.1) is 24.8 Å².